The van der Waals surface area contributed by atoms with Crippen LogP contribution in [0.4, 0.5) is 0 Å². The predicted molar refractivity (Wildman–Crippen MR) is 82.0 cm³/mol. The predicted octanol–water partition coefficient (Wildman–Crippen LogP) is 3.00. The molecule has 0 heterocycles. The fraction of sp³-hybridized carbons (Fsp3) is 0.500. The summed E-state index contributed by atoms with van der Waals surface area (Å²) in [5.74, 6) is 0.310. The Morgan fingerprint density at radius 1 is 1.30 bits per heavy atom. The number of halogens is 3. The summed E-state index contributed by atoms with van der Waals surface area (Å²) in [6.45, 7) is 0.267. The van der Waals surface area contributed by atoms with Gasteiger partial charge in [0.05, 0.1) is 10.0 Å². The van der Waals surface area contributed by atoms with Crippen LogP contribution in [-0.2, 0) is 10.0 Å². The number of hydrogen-bond acceptors (Lipinski definition) is 3. The van der Waals surface area contributed by atoms with Crippen LogP contribution in [0.3, 0.4) is 0 Å². The number of nitrogens with zero attached hydrogens (tertiary/aromatic N) is 1. The highest BCUT2D eigenvalue weighted by molar-refractivity contribution is 7.89. The van der Waals surface area contributed by atoms with Gasteiger partial charge in [-0.2, -0.15) is 4.31 Å². The van der Waals surface area contributed by atoms with Crippen molar-refractivity contribution in [3.8, 4) is 0 Å². The second-order valence-electron chi connectivity index (χ2n) is 4.86. The third-order valence-electron chi connectivity index (χ3n) is 3.47. The number of benzene rings is 1. The van der Waals surface area contributed by atoms with Crippen LogP contribution in [0.15, 0.2) is 17.0 Å². The Morgan fingerprint density at radius 3 is 2.20 bits per heavy atom. The van der Waals surface area contributed by atoms with E-state index in [0.29, 0.717) is 10.9 Å². The average Bonchev–Trinajstić information content (AvgIpc) is 3.12. The first-order chi connectivity index (χ1) is 9.28. The van der Waals surface area contributed by atoms with Gasteiger partial charge in [-0.05, 0) is 30.9 Å². The van der Waals surface area contributed by atoms with Gasteiger partial charge in [-0.1, -0.05) is 34.8 Å². The minimum Gasteiger partial charge on any atom is -0.329 e. The lowest BCUT2D eigenvalue weighted by Crippen LogP contribution is -2.43. The van der Waals surface area contributed by atoms with Crippen LogP contribution in [0.5, 0.6) is 0 Å². The fourth-order valence-electron chi connectivity index (χ4n) is 2.22. The minimum absolute atomic E-state index is 0.0147. The first-order valence-corrected chi connectivity index (χ1v) is 8.69. The Balaban J connectivity index is 2.44. The largest absolute Gasteiger partial charge is 0.329 e. The molecular formula is C12H15Cl3N2O2S. The standard InChI is InChI=1S/C12H15Cl3N2O2S/c1-17(11(6-16)7-2-3-7)20(18,19)12-9(14)4-8(13)5-10(12)15/h4-5,7,11H,2-3,6,16H2,1H3. The van der Waals surface area contributed by atoms with Gasteiger partial charge in [0.15, 0.2) is 0 Å². The normalized spacial score (nSPS) is 17.5. The molecule has 1 aliphatic rings. The summed E-state index contributed by atoms with van der Waals surface area (Å²) in [4.78, 5) is -0.119. The average molecular weight is 358 g/mol. The van der Waals surface area contributed by atoms with Crippen LogP contribution >= 0.6 is 34.8 Å². The van der Waals surface area contributed by atoms with Crippen LogP contribution in [0.2, 0.25) is 15.1 Å². The van der Waals surface area contributed by atoms with E-state index in [1.165, 1.54) is 23.5 Å². The van der Waals surface area contributed by atoms with Gasteiger partial charge < -0.3 is 5.73 Å². The maximum absolute atomic E-state index is 12.7. The molecule has 0 amide bonds. The Bertz CT molecular complexity index is 594. The quantitative estimate of drug-likeness (QED) is 0.881. The third-order valence-corrected chi connectivity index (χ3v) is 6.50. The molecule has 0 spiro atoms. The molecule has 1 aromatic carbocycles. The highest BCUT2D eigenvalue weighted by Crippen LogP contribution is 2.39. The molecule has 0 radical (unpaired) electrons. The first-order valence-electron chi connectivity index (χ1n) is 6.11. The van der Waals surface area contributed by atoms with E-state index in [1.54, 1.807) is 0 Å². The van der Waals surface area contributed by atoms with Gasteiger partial charge in [0.2, 0.25) is 10.0 Å². The van der Waals surface area contributed by atoms with E-state index in [0.717, 1.165) is 12.8 Å². The highest BCUT2D eigenvalue weighted by Gasteiger charge is 2.39. The van der Waals surface area contributed by atoms with Crippen molar-refractivity contribution < 1.29 is 8.42 Å². The van der Waals surface area contributed by atoms with Crippen LogP contribution in [0.25, 0.3) is 0 Å². The monoisotopic (exact) mass is 356 g/mol. The van der Waals surface area contributed by atoms with E-state index < -0.39 is 10.0 Å². The summed E-state index contributed by atoms with van der Waals surface area (Å²) in [6, 6.07) is 2.50. The van der Waals surface area contributed by atoms with E-state index in [4.69, 9.17) is 40.5 Å². The molecule has 1 aliphatic carbocycles. The number of rotatable bonds is 5. The lowest BCUT2D eigenvalue weighted by Gasteiger charge is -2.27. The van der Waals surface area contributed by atoms with E-state index in [2.05, 4.69) is 0 Å². The molecule has 1 unspecified atom stereocenters. The highest BCUT2D eigenvalue weighted by atomic mass is 35.5. The molecule has 1 aromatic rings. The van der Waals surface area contributed by atoms with Crippen molar-refractivity contribution in [2.75, 3.05) is 13.6 Å². The van der Waals surface area contributed by atoms with Crippen LogP contribution < -0.4 is 5.73 Å². The molecular weight excluding hydrogens is 343 g/mol. The lowest BCUT2D eigenvalue weighted by atomic mass is 10.2. The number of nitrogens with two attached hydrogens (primary N) is 1. The molecule has 1 fully saturated rings. The Kier molecular flexibility index (Phi) is 4.89. The van der Waals surface area contributed by atoms with Crippen molar-refractivity contribution in [2.24, 2.45) is 11.7 Å². The Labute approximate surface area is 133 Å². The molecule has 1 saturated carbocycles. The zero-order chi connectivity index (χ0) is 15.1. The summed E-state index contributed by atoms with van der Waals surface area (Å²) in [7, 11) is -2.30. The van der Waals surface area contributed by atoms with Crippen molar-refractivity contribution in [1.82, 2.24) is 4.31 Å². The molecule has 2 rings (SSSR count). The summed E-state index contributed by atoms with van der Waals surface area (Å²) in [6.07, 6.45) is 1.98. The van der Waals surface area contributed by atoms with Gasteiger partial charge in [-0.3, -0.25) is 0 Å². The maximum atomic E-state index is 12.7. The van der Waals surface area contributed by atoms with Crippen LogP contribution in [-0.4, -0.2) is 32.4 Å². The molecule has 0 aromatic heterocycles. The Hall–Kier alpha value is -0.0400. The summed E-state index contributed by atoms with van der Waals surface area (Å²) < 4.78 is 26.6. The van der Waals surface area contributed by atoms with Crippen LogP contribution in [0, 0.1) is 5.92 Å². The molecule has 20 heavy (non-hydrogen) atoms. The summed E-state index contributed by atoms with van der Waals surface area (Å²) in [5, 5.41) is 0.320. The van der Waals surface area contributed by atoms with Crippen molar-refractivity contribution in [2.45, 2.75) is 23.8 Å². The first kappa shape index (κ1) is 16.3. The van der Waals surface area contributed by atoms with E-state index in [9.17, 15) is 8.42 Å². The molecule has 0 aliphatic heterocycles. The zero-order valence-corrected chi connectivity index (χ0v) is 13.9. The van der Waals surface area contributed by atoms with E-state index in [-0.39, 0.29) is 27.5 Å². The molecule has 0 bridgehead atoms. The van der Waals surface area contributed by atoms with Crippen molar-refractivity contribution in [1.29, 1.82) is 0 Å². The number of likely N-dealkylation sites (N-methyl/N-ethyl adjacent to an activating group) is 1. The number of sulfonamides is 1. The molecule has 4 nitrogen and oxygen atoms in total. The zero-order valence-electron chi connectivity index (χ0n) is 10.8. The molecule has 112 valence electrons. The summed E-state index contributed by atoms with van der Waals surface area (Å²) in [5.41, 5.74) is 5.70. The Morgan fingerprint density at radius 2 is 1.80 bits per heavy atom. The van der Waals surface area contributed by atoms with Gasteiger partial charge in [0.1, 0.15) is 4.90 Å². The fourth-order valence-corrected chi connectivity index (χ4v) is 5.13. The lowest BCUT2D eigenvalue weighted by molar-refractivity contribution is 0.340. The van der Waals surface area contributed by atoms with Crippen molar-refractivity contribution >= 4 is 44.8 Å². The second kappa shape index (κ2) is 5.99. The van der Waals surface area contributed by atoms with Gasteiger partial charge >= 0.3 is 0 Å². The number of hydrogen-bond donors (Lipinski definition) is 1. The third kappa shape index (κ3) is 3.08. The van der Waals surface area contributed by atoms with Crippen molar-refractivity contribution in [3.05, 3.63) is 27.2 Å². The second-order valence-corrected chi connectivity index (χ2v) is 8.05. The molecule has 0 saturated heterocycles. The van der Waals surface area contributed by atoms with E-state index >= 15 is 0 Å². The molecule has 8 heteroatoms. The summed E-state index contributed by atoms with van der Waals surface area (Å²) >= 11 is 17.8. The van der Waals surface area contributed by atoms with Gasteiger partial charge in [-0.25, -0.2) is 8.42 Å². The van der Waals surface area contributed by atoms with Crippen molar-refractivity contribution in [3.63, 3.8) is 0 Å². The van der Waals surface area contributed by atoms with Gasteiger partial charge in [0, 0.05) is 24.7 Å². The maximum Gasteiger partial charge on any atom is 0.246 e. The topological polar surface area (TPSA) is 63.4 Å². The van der Waals surface area contributed by atoms with E-state index in [1.807, 2.05) is 0 Å². The van der Waals surface area contributed by atoms with Gasteiger partial charge in [-0.15, -0.1) is 0 Å². The van der Waals surface area contributed by atoms with Gasteiger partial charge in [0.25, 0.3) is 0 Å². The van der Waals surface area contributed by atoms with Crippen LogP contribution in [0.1, 0.15) is 12.8 Å². The molecule has 2 N–H and O–H groups in total. The molecule has 1 atom stereocenters. The smallest absolute Gasteiger partial charge is 0.246 e. The minimum atomic E-state index is -3.80. The SMILES string of the molecule is CN(C(CN)C1CC1)S(=O)(=O)c1c(Cl)cc(Cl)cc1Cl.